The lowest BCUT2D eigenvalue weighted by Gasteiger charge is -2.12. The molecule has 0 heterocycles. The average Bonchev–Trinajstić information content (AvgIpc) is 2.28. The minimum absolute atomic E-state index is 0.0920. The standard InChI is InChI=1S/C11H13NO5/c1-3-7(2)17-10-5-4-8(11(13)14)6-9(10)12(15)16/h4-7H,3H2,1-2H3,(H,13,14). The maximum Gasteiger partial charge on any atom is 0.335 e. The van der Waals surface area contributed by atoms with Crippen molar-refractivity contribution in [3.8, 4) is 5.75 Å². The number of nitro groups is 1. The Kier molecular flexibility index (Phi) is 4.03. The summed E-state index contributed by atoms with van der Waals surface area (Å²) in [6.45, 7) is 3.68. The fraction of sp³-hybridized carbons (Fsp3) is 0.364. The molecule has 0 aliphatic carbocycles. The molecule has 0 saturated heterocycles. The topological polar surface area (TPSA) is 89.7 Å². The van der Waals surface area contributed by atoms with Crippen LogP contribution in [0, 0.1) is 10.1 Å². The van der Waals surface area contributed by atoms with E-state index in [-0.39, 0.29) is 23.1 Å². The third-order valence-corrected chi connectivity index (χ3v) is 2.31. The molecule has 0 aliphatic rings. The lowest BCUT2D eigenvalue weighted by Crippen LogP contribution is -2.11. The van der Waals surface area contributed by atoms with Gasteiger partial charge >= 0.3 is 11.7 Å². The van der Waals surface area contributed by atoms with E-state index < -0.39 is 10.9 Å². The van der Waals surface area contributed by atoms with Gasteiger partial charge in [0.25, 0.3) is 0 Å². The number of hydrogen-bond acceptors (Lipinski definition) is 4. The third kappa shape index (κ3) is 3.17. The summed E-state index contributed by atoms with van der Waals surface area (Å²) in [5.41, 5.74) is -0.460. The van der Waals surface area contributed by atoms with E-state index in [1.165, 1.54) is 12.1 Å². The Bertz CT molecular complexity index is 443. The molecule has 1 aromatic rings. The summed E-state index contributed by atoms with van der Waals surface area (Å²) in [4.78, 5) is 20.9. The number of nitro benzene ring substituents is 1. The highest BCUT2D eigenvalue weighted by atomic mass is 16.6. The van der Waals surface area contributed by atoms with E-state index in [0.29, 0.717) is 6.42 Å². The SMILES string of the molecule is CCC(C)Oc1ccc(C(=O)O)cc1[N+](=O)[O-]. The lowest BCUT2D eigenvalue weighted by molar-refractivity contribution is -0.386. The van der Waals surface area contributed by atoms with Crippen molar-refractivity contribution < 1.29 is 19.6 Å². The first-order valence-corrected chi connectivity index (χ1v) is 5.14. The number of hydrogen-bond donors (Lipinski definition) is 1. The number of carbonyl (C=O) groups is 1. The number of nitrogens with zero attached hydrogens (tertiary/aromatic N) is 1. The van der Waals surface area contributed by atoms with Gasteiger partial charge in [-0.15, -0.1) is 0 Å². The summed E-state index contributed by atoms with van der Waals surface area (Å²) in [6.07, 6.45) is 0.544. The molecule has 0 spiro atoms. The highest BCUT2D eigenvalue weighted by Gasteiger charge is 2.19. The van der Waals surface area contributed by atoms with E-state index in [1.54, 1.807) is 6.92 Å². The highest BCUT2D eigenvalue weighted by molar-refractivity contribution is 5.88. The molecule has 1 unspecified atom stereocenters. The molecule has 0 aliphatic heterocycles. The number of carboxylic acids is 1. The van der Waals surface area contributed by atoms with E-state index in [0.717, 1.165) is 6.07 Å². The van der Waals surface area contributed by atoms with E-state index in [1.807, 2.05) is 6.92 Å². The second-order valence-corrected chi connectivity index (χ2v) is 3.58. The number of rotatable bonds is 5. The first-order chi connectivity index (χ1) is 7.95. The van der Waals surface area contributed by atoms with Crippen LogP contribution in [0.1, 0.15) is 30.6 Å². The molecule has 0 radical (unpaired) electrons. The lowest BCUT2D eigenvalue weighted by atomic mass is 10.2. The number of ether oxygens (including phenoxy) is 1. The monoisotopic (exact) mass is 239 g/mol. The number of benzene rings is 1. The summed E-state index contributed by atoms with van der Waals surface area (Å²) < 4.78 is 5.36. The van der Waals surface area contributed by atoms with Gasteiger partial charge in [-0.3, -0.25) is 10.1 Å². The van der Waals surface area contributed by atoms with Crippen molar-refractivity contribution in [2.24, 2.45) is 0 Å². The van der Waals surface area contributed by atoms with Crippen LogP contribution in [0.25, 0.3) is 0 Å². The Morgan fingerprint density at radius 3 is 2.71 bits per heavy atom. The highest BCUT2D eigenvalue weighted by Crippen LogP contribution is 2.29. The van der Waals surface area contributed by atoms with Crippen LogP contribution in [-0.4, -0.2) is 22.1 Å². The van der Waals surface area contributed by atoms with Gasteiger partial charge in [-0.1, -0.05) is 6.92 Å². The summed E-state index contributed by atoms with van der Waals surface area (Å²) in [5.74, 6) is -1.11. The van der Waals surface area contributed by atoms with Crippen LogP contribution in [-0.2, 0) is 0 Å². The van der Waals surface area contributed by atoms with Crippen molar-refractivity contribution in [3.63, 3.8) is 0 Å². The second kappa shape index (κ2) is 5.29. The predicted octanol–water partition coefficient (Wildman–Crippen LogP) is 2.47. The van der Waals surface area contributed by atoms with Crippen LogP contribution < -0.4 is 4.74 Å². The first-order valence-electron chi connectivity index (χ1n) is 5.14. The second-order valence-electron chi connectivity index (χ2n) is 3.58. The fourth-order valence-electron chi connectivity index (χ4n) is 1.19. The van der Waals surface area contributed by atoms with Crippen LogP contribution in [0.3, 0.4) is 0 Å². The summed E-state index contributed by atoms with van der Waals surface area (Å²) in [7, 11) is 0. The van der Waals surface area contributed by atoms with E-state index >= 15 is 0 Å². The predicted molar refractivity (Wildman–Crippen MR) is 60.4 cm³/mol. The Morgan fingerprint density at radius 1 is 1.59 bits per heavy atom. The zero-order valence-corrected chi connectivity index (χ0v) is 9.54. The normalized spacial score (nSPS) is 11.9. The summed E-state index contributed by atoms with van der Waals surface area (Å²) in [6, 6.07) is 3.60. The molecule has 0 aromatic heterocycles. The molecule has 6 nitrogen and oxygen atoms in total. The van der Waals surface area contributed by atoms with Crippen molar-refractivity contribution in [2.75, 3.05) is 0 Å². The van der Waals surface area contributed by atoms with Crippen molar-refractivity contribution in [3.05, 3.63) is 33.9 Å². The molecule has 6 heteroatoms. The Balaban J connectivity index is 3.13. The maximum atomic E-state index is 10.8. The molecule has 1 aromatic carbocycles. The van der Waals surface area contributed by atoms with Crippen molar-refractivity contribution in [1.29, 1.82) is 0 Å². The number of carboxylic acid groups (broad SMARTS) is 1. The Labute approximate surface area is 98.0 Å². The van der Waals surface area contributed by atoms with Crippen LogP contribution in [0.5, 0.6) is 5.75 Å². The molecular weight excluding hydrogens is 226 g/mol. The van der Waals surface area contributed by atoms with Crippen LogP contribution >= 0.6 is 0 Å². The molecule has 0 amide bonds. The van der Waals surface area contributed by atoms with Gasteiger partial charge in [-0.2, -0.15) is 0 Å². The van der Waals surface area contributed by atoms with E-state index in [9.17, 15) is 14.9 Å². The molecule has 0 bridgehead atoms. The fourth-order valence-corrected chi connectivity index (χ4v) is 1.19. The summed E-state index contributed by atoms with van der Waals surface area (Å²) >= 11 is 0. The van der Waals surface area contributed by atoms with Crippen LogP contribution in [0.2, 0.25) is 0 Å². The van der Waals surface area contributed by atoms with Gasteiger partial charge in [0, 0.05) is 6.07 Å². The van der Waals surface area contributed by atoms with Gasteiger partial charge < -0.3 is 9.84 Å². The van der Waals surface area contributed by atoms with E-state index in [4.69, 9.17) is 9.84 Å². The van der Waals surface area contributed by atoms with Gasteiger partial charge in [0.1, 0.15) is 0 Å². The van der Waals surface area contributed by atoms with Crippen LogP contribution in [0.15, 0.2) is 18.2 Å². The van der Waals surface area contributed by atoms with Crippen molar-refractivity contribution in [1.82, 2.24) is 0 Å². The van der Waals surface area contributed by atoms with Gasteiger partial charge in [0.05, 0.1) is 16.6 Å². The Hall–Kier alpha value is -2.11. The molecule has 17 heavy (non-hydrogen) atoms. The average molecular weight is 239 g/mol. The minimum Gasteiger partial charge on any atom is -0.484 e. The third-order valence-electron chi connectivity index (χ3n) is 2.31. The first kappa shape index (κ1) is 13.0. The Morgan fingerprint density at radius 2 is 2.24 bits per heavy atom. The van der Waals surface area contributed by atoms with Crippen molar-refractivity contribution >= 4 is 11.7 Å². The molecule has 1 rings (SSSR count). The van der Waals surface area contributed by atoms with Gasteiger partial charge in [-0.25, -0.2) is 4.79 Å². The van der Waals surface area contributed by atoms with Gasteiger partial charge in [0.2, 0.25) is 0 Å². The molecule has 1 N–H and O–H groups in total. The van der Waals surface area contributed by atoms with Crippen molar-refractivity contribution in [2.45, 2.75) is 26.4 Å². The van der Waals surface area contributed by atoms with Crippen LogP contribution in [0.4, 0.5) is 5.69 Å². The molecular formula is C11H13NO5. The summed E-state index contributed by atoms with van der Waals surface area (Å²) in [5, 5.41) is 19.5. The largest absolute Gasteiger partial charge is 0.484 e. The van der Waals surface area contributed by atoms with E-state index in [2.05, 4.69) is 0 Å². The minimum atomic E-state index is -1.21. The quantitative estimate of drug-likeness (QED) is 0.629. The van der Waals surface area contributed by atoms with Gasteiger partial charge in [-0.05, 0) is 25.5 Å². The molecule has 92 valence electrons. The zero-order chi connectivity index (χ0) is 13.0. The molecule has 0 saturated carbocycles. The molecule has 1 atom stereocenters. The van der Waals surface area contributed by atoms with Gasteiger partial charge in [0.15, 0.2) is 5.75 Å². The zero-order valence-electron chi connectivity index (χ0n) is 9.54. The number of aromatic carboxylic acids is 1. The molecule has 0 fully saturated rings. The maximum absolute atomic E-state index is 10.8. The smallest absolute Gasteiger partial charge is 0.335 e.